The zero-order valence-electron chi connectivity index (χ0n) is 18.4. The van der Waals surface area contributed by atoms with Crippen LogP contribution in [0.25, 0.3) is 10.9 Å². The van der Waals surface area contributed by atoms with Crippen LogP contribution in [0.3, 0.4) is 0 Å². The average molecular weight is 424 g/mol. The number of ether oxygens (including phenoxy) is 4. The van der Waals surface area contributed by atoms with E-state index in [1.54, 1.807) is 34.5 Å². The van der Waals surface area contributed by atoms with Crippen LogP contribution in [0.2, 0.25) is 0 Å². The van der Waals surface area contributed by atoms with E-state index in [4.69, 9.17) is 18.9 Å². The van der Waals surface area contributed by atoms with Gasteiger partial charge in [-0.3, -0.25) is 4.79 Å². The monoisotopic (exact) mass is 424 g/mol. The van der Waals surface area contributed by atoms with Crippen LogP contribution in [0.5, 0.6) is 23.0 Å². The van der Waals surface area contributed by atoms with Crippen molar-refractivity contribution in [1.29, 1.82) is 0 Å². The number of fused-ring (bicyclic) bond motifs is 1. The topological polar surface area (TPSA) is 73.0 Å². The number of carbonyl (C=O) groups is 1. The number of carbonyl (C=O) groups excluding carboxylic acids is 1. The van der Waals surface area contributed by atoms with Crippen molar-refractivity contribution < 1.29 is 23.7 Å². The molecule has 4 rings (SSSR count). The largest absolute Gasteiger partial charge is 0.497 e. The van der Waals surface area contributed by atoms with Gasteiger partial charge < -0.3 is 28.8 Å². The molecule has 1 aromatic heterocycles. The minimum absolute atomic E-state index is 0.0235. The molecule has 1 aliphatic heterocycles. The summed E-state index contributed by atoms with van der Waals surface area (Å²) in [6, 6.07) is 11.8. The Balaban J connectivity index is 1.65. The van der Waals surface area contributed by atoms with E-state index in [0.29, 0.717) is 28.5 Å². The fourth-order valence-electron chi connectivity index (χ4n) is 4.39. The van der Waals surface area contributed by atoms with Gasteiger partial charge in [-0.25, -0.2) is 0 Å². The van der Waals surface area contributed by atoms with Gasteiger partial charge in [0.2, 0.25) is 0 Å². The van der Waals surface area contributed by atoms with E-state index in [2.05, 4.69) is 11.1 Å². The van der Waals surface area contributed by atoms with Gasteiger partial charge in [-0.1, -0.05) is 12.1 Å². The van der Waals surface area contributed by atoms with Crippen LogP contribution in [0, 0.1) is 0 Å². The number of amides is 1. The molecule has 1 saturated heterocycles. The number of likely N-dealkylation sites (tertiary alicyclic amines) is 1. The maximum Gasteiger partial charge on any atom is 0.270 e. The average Bonchev–Trinajstić information content (AvgIpc) is 3.45. The van der Waals surface area contributed by atoms with Gasteiger partial charge in [0.05, 0.1) is 34.0 Å². The molecule has 1 unspecified atom stereocenters. The molecule has 0 radical (unpaired) electrons. The first-order valence-electron chi connectivity index (χ1n) is 10.3. The fourth-order valence-corrected chi connectivity index (χ4v) is 4.39. The van der Waals surface area contributed by atoms with Gasteiger partial charge >= 0.3 is 0 Å². The highest BCUT2D eigenvalue weighted by Gasteiger charge is 2.31. The molecule has 31 heavy (non-hydrogen) atoms. The molecule has 0 spiro atoms. The van der Waals surface area contributed by atoms with Gasteiger partial charge in [0, 0.05) is 24.0 Å². The third kappa shape index (κ3) is 3.87. The lowest BCUT2D eigenvalue weighted by molar-refractivity contribution is 0.0731. The second-order valence-electron chi connectivity index (χ2n) is 7.64. The summed E-state index contributed by atoms with van der Waals surface area (Å²) in [5, 5.41) is 0.784. The summed E-state index contributed by atoms with van der Waals surface area (Å²) >= 11 is 0. The van der Waals surface area contributed by atoms with Gasteiger partial charge in [0.15, 0.2) is 11.5 Å². The van der Waals surface area contributed by atoms with Gasteiger partial charge in [-0.05, 0) is 43.0 Å². The third-order valence-corrected chi connectivity index (χ3v) is 5.91. The van der Waals surface area contributed by atoms with E-state index in [-0.39, 0.29) is 11.9 Å². The molecule has 7 nitrogen and oxygen atoms in total. The minimum Gasteiger partial charge on any atom is -0.497 e. The van der Waals surface area contributed by atoms with Crippen molar-refractivity contribution in [3.8, 4) is 23.0 Å². The molecule has 1 amide bonds. The van der Waals surface area contributed by atoms with Crippen LogP contribution < -0.4 is 18.9 Å². The molecule has 1 fully saturated rings. The number of hydrogen-bond donors (Lipinski definition) is 1. The first-order valence-corrected chi connectivity index (χ1v) is 10.3. The number of rotatable bonds is 7. The van der Waals surface area contributed by atoms with Crippen LogP contribution in [0.4, 0.5) is 0 Å². The first-order chi connectivity index (χ1) is 15.1. The third-order valence-electron chi connectivity index (χ3n) is 5.91. The lowest BCUT2D eigenvalue weighted by atomic mass is 10.0. The van der Waals surface area contributed by atoms with Gasteiger partial charge in [0.25, 0.3) is 5.91 Å². The molecular weight excluding hydrogens is 396 g/mol. The molecule has 2 aromatic carbocycles. The summed E-state index contributed by atoms with van der Waals surface area (Å²) < 4.78 is 21.8. The summed E-state index contributed by atoms with van der Waals surface area (Å²) in [4.78, 5) is 18.7. The van der Waals surface area contributed by atoms with Crippen molar-refractivity contribution in [3.63, 3.8) is 0 Å². The number of benzene rings is 2. The van der Waals surface area contributed by atoms with Crippen molar-refractivity contribution in [2.24, 2.45) is 0 Å². The Bertz CT molecular complexity index is 1090. The summed E-state index contributed by atoms with van der Waals surface area (Å²) in [5.74, 6) is 2.52. The Morgan fingerprint density at radius 2 is 1.84 bits per heavy atom. The van der Waals surface area contributed by atoms with Crippen LogP contribution in [0.1, 0.15) is 28.9 Å². The van der Waals surface area contributed by atoms with E-state index < -0.39 is 0 Å². The van der Waals surface area contributed by atoms with E-state index in [1.165, 1.54) is 0 Å². The molecule has 3 aromatic rings. The summed E-state index contributed by atoms with van der Waals surface area (Å²) in [6.45, 7) is 0.737. The highest BCUT2D eigenvalue weighted by molar-refractivity contribution is 6.02. The zero-order chi connectivity index (χ0) is 22.0. The number of aromatic nitrogens is 1. The Morgan fingerprint density at radius 3 is 2.55 bits per heavy atom. The number of nitrogens with zero attached hydrogens (tertiary/aromatic N) is 1. The summed E-state index contributed by atoms with van der Waals surface area (Å²) in [6.07, 6.45) is 2.76. The fraction of sp³-hybridized carbons (Fsp3) is 0.375. The summed E-state index contributed by atoms with van der Waals surface area (Å²) in [5.41, 5.74) is 2.36. The highest BCUT2D eigenvalue weighted by atomic mass is 16.5. The molecule has 1 atom stereocenters. The Kier molecular flexibility index (Phi) is 5.93. The molecule has 1 N–H and O–H groups in total. The number of methoxy groups -OCH3 is 4. The number of hydrogen-bond acceptors (Lipinski definition) is 5. The second-order valence-corrected chi connectivity index (χ2v) is 7.64. The number of H-pyrrole nitrogens is 1. The lowest BCUT2D eigenvalue weighted by Gasteiger charge is -2.24. The first kappa shape index (κ1) is 20.9. The maximum atomic E-state index is 13.5. The molecular formula is C24H28N2O5. The van der Waals surface area contributed by atoms with Crippen LogP contribution in [0.15, 0.2) is 36.4 Å². The van der Waals surface area contributed by atoms with Crippen molar-refractivity contribution in [2.75, 3.05) is 35.0 Å². The minimum atomic E-state index is -0.0235. The van der Waals surface area contributed by atoms with E-state index in [9.17, 15) is 4.79 Å². The van der Waals surface area contributed by atoms with Gasteiger partial charge in [-0.15, -0.1) is 0 Å². The normalized spacial score (nSPS) is 15.9. The molecule has 0 saturated carbocycles. The lowest BCUT2D eigenvalue weighted by Crippen LogP contribution is -2.37. The Morgan fingerprint density at radius 1 is 1.03 bits per heavy atom. The summed E-state index contributed by atoms with van der Waals surface area (Å²) in [7, 11) is 6.42. The number of nitrogens with one attached hydrogen (secondary N) is 1. The van der Waals surface area contributed by atoms with Crippen LogP contribution in [-0.4, -0.2) is 56.8 Å². The number of aromatic amines is 1. The maximum absolute atomic E-state index is 13.5. The van der Waals surface area contributed by atoms with E-state index in [0.717, 1.165) is 42.5 Å². The Labute approximate surface area is 181 Å². The molecule has 164 valence electrons. The van der Waals surface area contributed by atoms with Crippen molar-refractivity contribution >= 4 is 16.8 Å². The van der Waals surface area contributed by atoms with Crippen LogP contribution >= 0.6 is 0 Å². The predicted octanol–water partition coefficient (Wildman–Crippen LogP) is 4.05. The zero-order valence-corrected chi connectivity index (χ0v) is 18.4. The second kappa shape index (κ2) is 8.79. The molecule has 7 heteroatoms. The standard InChI is InChI=1S/C24H28N2O5/c1-28-17-9-5-7-15(12-17)11-16-8-6-10-26(16)24(27)19-13-18-20(29-2)14-21(30-3)23(31-4)22(18)25-19/h5,7,9,12-14,16,25H,6,8,10-11H2,1-4H3. The van der Waals surface area contributed by atoms with Crippen molar-refractivity contribution in [2.45, 2.75) is 25.3 Å². The highest BCUT2D eigenvalue weighted by Crippen LogP contribution is 2.41. The smallest absolute Gasteiger partial charge is 0.270 e. The predicted molar refractivity (Wildman–Crippen MR) is 119 cm³/mol. The Hall–Kier alpha value is -3.35. The molecule has 2 heterocycles. The van der Waals surface area contributed by atoms with Crippen molar-refractivity contribution in [3.05, 3.63) is 47.7 Å². The molecule has 1 aliphatic rings. The van der Waals surface area contributed by atoms with Crippen molar-refractivity contribution in [1.82, 2.24) is 9.88 Å². The SMILES string of the molecule is COc1cccc(CC2CCCN2C(=O)c2cc3c(OC)cc(OC)c(OC)c3[nH]2)c1. The van der Waals surface area contributed by atoms with Crippen LogP contribution in [-0.2, 0) is 6.42 Å². The quantitative estimate of drug-likeness (QED) is 0.620. The van der Waals surface area contributed by atoms with E-state index >= 15 is 0 Å². The van der Waals surface area contributed by atoms with E-state index in [1.807, 2.05) is 29.2 Å². The van der Waals surface area contributed by atoms with Gasteiger partial charge in [0.1, 0.15) is 17.2 Å². The molecule has 0 aliphatic carbocycles. The van der Waals surface area contributed by atoms with Gasteiger partial charge in [-0.2, -0.15) is 0 Å². The molecule has 0 bridgehead atoms.